The second-order valence-electron chi connectivity index (χ2n) is 2.88. The minimum Gasteiger partial charge on any atom is -0.478 e. The Hall–Kier alpha value is -1.75. The molecule has 0 aliphatic carbocycles. The summed E-state index contributed by atoms with van der Waals surface area (Å²) in [5.41, 5.74) is 0.345. The molecule has 2 rings (SSSR count). The number of benzene rings is 1. The molecule has 15 heavy (non-hydrogen) atoms. The van der Waals surface area contributed by atoms with E-state index in [0.717, 1.165) is 10.9 Å². The van der Waals surface area contributed by atoms with Crippen molar-refractivity contribution in [2.24, 2.45) is 0 Å². The Labute approximate surface area is 89.0 Å². The number of nitrogens with zero attached hydrogens (tertiary/aromatic N) is 1. The molecule has 5 heteroatoms. The topological polar surface area (TPSA) is 50.2 Å². The number of aromatic carboxylic acids is 1. The predicted molar refractivity (Wildman–Crippen MR) is 54.5 cm³/mol. The summed E-state index contributed by atoms with van der Waals surface area (Å²) in [6, 6.07) is 5.75. The number of aromatic nitrogens is 1. The van der Waals surface area contributed by atoms with Crippen molar-refractivity contribution in [1.29, 1.82) is 0 Å². The van der Waals surface area contributed by atoms with Crippen LogP contribution in [-0.4, -0.2) is 15.4 Å². The van der Waals surface area contributed by atoms with Crippen molar-refractivity contribution in [1.82, 2.24) is 4.37 Å². The molecule has 3 nitrogen and oxygen atoms in total. The Bertz CT molecular complexity index is 496. The molecule has 0 aliphatic rings. The first-order valence-corrected chi connectivity index (χ1v) is 4.90. The highest BCUT2D eigenvalue weighted by molar-refractivity contribution is 7.09. The second-order valence-corrected chi connectivity index (χ2v) is 3.71. The van der Waals surface area contributed by atoms with Crippen LogP contribution in [-0.2, 0) is 0 Å². The molecule has 0 radical (unpaired) electrons. The van der Waals surface area contributed by atoms with Gasteiger partial charge in [-0.15, -0.1) is 0 Å². The molecule has 76 valence electrons. The molecule has 0 unspecified atom stereocenters. The van der Waals surface area contributed by atoms with Crippen molar-refractivity contribution < 1.29 is 14.3 Å². The van der Waals surface area contributed by atoms with E-state index in [1.54, 1.807) is 12.3 Å². The van der Waals surface area contributed by atoms with Gasteiger partial charge in [0.1, 0.15) is 5.82 Å². The Morgan fingerprint density at radius 1 is 1.40 bits per heavy atom. The smallest absolute Gasteiger partial charge is 0.338 e. The van der Waals surface area contributed by atoms with Gasteiger partial charge in [0.25, 0.3) is 0 Å². The van der Waals surface area contributed by atoms with E-state index in [1.165, 1.54) is 23.7 Å². The van der Waals surface area contributed by atoms with E-state index >= 15 is 0 Å². The number of carboxylic acid groups (broad SMARTS) is 1. The van der Waals surface area contributed by atoms with Crippen LogP contribution in [0.5, 0.6) is 0 Å². The van der Waals surface area contributed by atoms with E-state index in [9.17, 15) is 9.18 Å². The molecule has 0 fully saturated rings. The van der Waals surface area contributed by atoms with E-state index in [4.69, 9.17) is 5.11 Å². The van der Waals surface area contributed by atoms with Crippen LogP contribution in [0.1, 0.15) is 10.4 Å². The fraction of sp³-hybridized carbons (Fsp3) is 0. The number of halogens is 1. The quantitative estimate of drug-likeness (QED) is 0.851. The van der Waals surface area contributed by atoms with Gasteiger partial charge >= 0.3 is 5.97 Å². The summed E-state index contributed by atoms with van der Waals surface area (Å²) >= 11 is 1.24. The summed E-state index contributed by atoms with van der Waals surface area (Å²) in [7, 11) is 0. The van der Waals surface area contributed by atoms with Crippen molar-refractivity contribution in [3.05, 3.63) is 41.8 Å². The van der Waals surface area contributed by atoms with Crippen LogP contribution >= 0.6 is 11.5 Å². The van der Waals surface area contributed by atoms with Crippen molar-refractivity contribution in [3.8, 4) is 10.4 Å². The Morgan fingerprint density at radius 3 is 2.80 bits per heavy atom. The third-order valence-corrected chi connectivity index (χ3v) is 2.71. The van der Waals surface area contributed by atoms with E-state index in [0.29, 0.717) is 5.56 Å². The van der Waals surface area contributed by atoms with Crippen LogP contribution in [0, 0.1) is 5.82 Å². The van der Waals surface area contributed by atoms with E-state index in [2.05, 4.69) is 4.37 Å². The molecule has 0 bridgehead atoms. The minimum atomic E-state index is -1.26. The molecular weight excluding hydrogens is 217 g/mol. The maximum absolute atomic E-state index is 13.1. The number of carboxylic acids is 1. The maximum Gasteiger partial charge on any atom is 0.338 e. The number of carbonyl (C=O) groups is 1. The minimum absolute atomic E-state index is 0.319. The predicted octanol–water partition coefficient (Wildman–Crippen LogP) is 2.65. The van der Waals surface area contributed by atoms with E-state index in [-0.39, 0.29) is 5.56 Å². The Morgan fingerprint density at radius 2 is 2.20 bits per heavy atom. The molecule has 1 aromatic heterocycles. The van der Waals surface area contributed by atoms with Crippen molar-refractivity contribution >= 4 is 17.5 Å². The fourth-order valence-electron chi connectivity index (χ4n) is 1.21. The average molecular weight is 223 g/mol. The molecule has 1 heterocycles. The van der Waals surface area contributed by atoms with Crippen LogP contribution in [0.2, 0.25) is 0 Å². The summed E-state index contributed by atoms with van der Waals surface area (Å²) in [4.78, 5) is 11.5. The van der Waals surface area contributed by atoms with Crippen LogP contribution in [0.3, 0.4) is 0 Å². The molecular formula is C10H6FNO2S. The second kappa shape index (κ2) is 3.78. The lowest BCUT2D eigenvalue weighted by atomic mass is 10.1. The highest BCUT2D eigenvalue weighted by atomic mass is 32.1. The molecule has 1 aromatic carbocycles. The molecule has 0 saturated heterocycles. The molecule has 0 spiro atoms. The van der Waals surface area contributed by atoms with Crippen molar-refractivity contribution in [3.63, 3.8) is 0 Å². The maximum atomic E-state index is 13.1. The summed E-state index contributed by atoms with van der Waals surface area (Å²) < 4.78 is 17.0. The first-order valence-electron chi connectivity index (χ1n) is 4.12. The van der Waals surface area contributed by atoms with Gasteiger partial charge in [-0.1, -0.05) is 6.07 Å². The monoisotopic (exact) mass is 223 g/mol. The summed E-state index contributed by atoms with van der Waals surface area (Å²) in [6.45, 7) is 0. The van der Waals surface area contributed by atoms with E-state index in [1.807, 2.05) is 0 Å². The fourth-order valence-corrected chi connectivity index (χ4v) is 1.80. The van der Waals surface area contributed by atoms with Gasteiger partial charge in [-0.2, -0.15) is 0 Å². The van der Waals surface area contributed by atoms with Crippen LogP contribution in [0.15, 0.2) is 30.5 Å². The third-order valence-electron chi connectivity index (χ3n) is 1.92. The van der Waals surface area contributed by atoms with Crippen LogP contribution in [0.25, 0.3) is 10.4 Å². The lowest BCUT2D eigenvalue weighted by molar-refractivity contribution is 0.0692. The van der Waals surface area contributed by atoms with Crippen LogP contribution < -0.4 is 0 Å². The summed E-state index contributed by atoms with van der Waals surface area (Å²) in [5, 5.41) is 8.74. The standard InChI is InChI=1S/C10H6FNO2S/c11-8-2-1-6(5-7(8)10(13)14)9-3-4-12-15-9/h1-5H,(H,13,14). The third kappa shape index (κ3) is 1.87. The van der Waals surface area contributed by atoms with Gasteiger partial charge in [-0.25, -0.2) is 13.6 Å². The average Bonchev–Trinajstić information content (AvgIpc) is 2.71. The van der Waals surface area contributed by atoms with E-state index < -0.39 is 11.8 Å². The number of rotatable bonds is 2. The summed E-state index contributed by atoms with van der Waals surface area (Å²) in [5.74, 6) is -1.99. The Balaban J connectivity index is 2.52. The van der Waals surface area contributed by atoms with Crippen molar-refractivity contribution in [2.75, 3.05) is 0 Å². The van der Waals surface area contributed by atoms with Gasteiger partial charge in [-0.05, 0) is 35.3 Å². The molecule has 0 amide bonds. The van der Waals surface area contributed by atoms with Gasteiger partial charge in [0.15, 0.2) is 0 Å². The van der Waals surface area contributed by atoms with Gasteiger partial charge < -0.3 is 5.11 Å². The highest BCUT2D eigenvalue weighted by Crippen LogP contribution is 2.24. The SMILES string of the molecule is O=C(O)c1cc(-c2ccns2)ccc1F. The lowest BCUT2D eigenvalue weighted by Crippen LogP contribution is -2.00. The normalized spacial score (nSPS) is 10.2. The van der Waals surface area contributed by atoms with Gasteiger partial charge in [0.05, 0.1) is 10.4 Å². The first kappa shape index (κ1) is 9.79. The molecule has 0 atom stereocenters. The lowest BCUT2D eigenvalue weighted by Gasteiger charge is -2.00. The highest BCUT2D eigenvalue weighted by Gasteiger charge is 2.11. The van der Waals surface area contributed by atoms with Crippen LogP contribution in [0.4, 0.5) is 4.39 Å². The van der Waals surface area contributed by atoms with Gasteiger partial charge in [-0.3, -0.25) is 0 Å². The van der Waals surface area contributed by atoms with Gasteiger partial charge in [0.2, 0.25) is 0 Å². The number of hydrogen-bond acceptors (Lipinski definition) is 3. The summed E-state index contributed by atoms with van der Waals surface area (Å²) in [6.07, 6.45) is 1.61. The first-order chi connectivity index (χ1) is 7.18. The number of hydrogen-bond donors (Lipinski definition) is 1. The molecule has 2 aromatic rings. The van der Waals surface area contributed by atoms with Gasteiger partial charge in [0, 0.05) is 6.20 Å². The van der Waals surface area contributed by atoms with Crippen molar-refractivity contribution in [2.45, 2.75) is 0 Å². The molecule has 0 saturated carbocycles. The zero-order valence-corrected chi connectivity index (χ0v) is 8.29. The zero-order valence-electron chi connectivity index (χ0n) is 7.48. The zero-order chi connectivity index (χ0) is 10.8. The molecule has 1 N–H and O–H groups in total. The largest absolute Gasteiger partial charge is 0.478 e. The molecule has 0 aliphatic heterocycles. The Kier molecular flexibility index (Phi) is 2.47.